The highest BCUT2D eigenvalue weighted by atomic mass is 16.5. The van der Waals surface area contributed by atoms with Gasteiger partial charge in [-0.2, -0.15) is 4.98 Å². The molecular formula is C14H16N4O4. The molecule has 0 saturated heterocycles. The number of aliphatic hydroxyl groups excluding tert-OH is 1. The molecule has 0 radical (unpaired) electrons. The van der Waals surface area contributed by atoms with E-state index in [1.54, 1.807) is 24.3 Å². The summed E-state index contributed by atoms with van der Waals surface area (Å²) >= 11 is 0. The Morgan fingerprint density at radius 2 is 2.05 bits per heavy atom. The van der Waals surface area contributed by atoms with Gasteiger partial charge in [-0.15, -0.1) is 0 Å². The van der Waals surface area contributed by atoms with Crippen LogP contribution in [0.5, 0.6) is 0 Å². The first-order chi connectivity index (χ1) is 10.5. The summed E-state index contributed by atoms with van der Waals surface area (Å²) in [5.41, 5.74) is 0.658. The molecule has 0 aliphatic carbocycles. The van der Waals surface area contributed by atoms with Crippen LogP contribution in [0.4, 0.5) is 5.69 Å². The molecule has 8 nitrogen and oxygen atoms in total. The van der Waals surface area contributed by atoms with E-state index in [9.17, 15) is 9.59 Å². The lowest BCUT2D eigenvalue weighted by molar-refractivity contribution is -0.115. The summed E-state index contributed by atoms with van der Waals surface area (Å²) in [5, 5.41) is 17.7. The first kappa shape index (κ1) is 15.6. The molecule has 22 heavy (non-hydrogen) atoms. The first-order valence-corrected chi connectivity index (χ1v) is 6.68. The van der Waals surface area contributed by atoms with Crippen LogP contribution in [-0.4, -0.2) is 39.7 Å². The van der Waals surface area contributed by atoms with Gasteiger partial charge in [-0.05, 0) is 19.1 Å². The van der Waals surface area contributed by atoms with Crippen LogP contribution < -0.4 is 10.6 Å². The Morgan fingerprint density at radius 1 is 1.32 bits per heavy atom. The van der Waals surface area contributed by atoms with E-state index in [1.807, 2.05) is 6.07 Å². The molecule has 1 unspecified atom stereocenters. The monoisotopic (exact) mass is 304 g/mol. The predicted molar refractivity (Wildman–Crippen MR) is 77.1 cm³/mol. The fourth-order valence-electron chi connectivity index (χ4n) is 1.60. The van der Waals surface area contributed by atoms with Crippen LogP contribution in [0.2, 0.25) is 0 Å². The average molecular weight is 304 g/mol. The van der Waals surface area contributed by atoms with Crippen LogP contribution >= 0.6 is 0 Å². The molecule has 0 aliphatic rings. The molecule has 8 heteroatoms. The van der Waals surface area contributed by atoms with E-state index in [0.29, 0.717) is 5.69 Å². The number of hydrogen-bond acceptors (Lipinski definition) is 6. The Hall–Kier alpha value is -2.74. The summed E-state index contributed by atoms with van der Waals surface area (Å²) in [6.07, 6.45) is -0.787. The van der Waals surface area contributed by atoms with E-state index in [-0.39, 0.29) is 30.6 Å². The third-order valence-electron chi connectivity index (χ3n) is 2.60. The van der Waals surface area contributed by atoms with Crippen LogP contribution in [0, 0.1) is 0 Å². The Kier molecular flexibility index (Phi) is 5.21. The maximum atomic E-state index is 11.8. The van der Waals surface area contributed by atoms with Crippen molar-refractivity contribution in [3.8, 4) is 0 Å². The number of anilines is 1. The Bertz CT molecular complexity index is 639. The molecular weight excluding hydrogens is 288 g/mol. The number of rotatable bonds is 6. The van der Waals surface area contributed by atoms with Crippen molar-refractivity contribution >= 4 is 17.5 Å². The fourth-order valence-corrected chi connectivity index (χ4v) is 1.60. The second-order valence-electron chi connectivity index (χ2n) is 4.67. The third kappa shape index (κ3) is 4.67. The van der Waals surface area contributed by atoms with Crippen molar-refractivity contribution in [1.29, 1.82) is 0 Å². The second kappa shape index (κ2) is 7.32. The SMILES string of the molecule is CC(O)CNC(=O)c1nc(CC(=O)Nc2ccccc2)no1. The lowest BCUT2D eigenvalue weighted by atomic mass is 10.3. The summed E-state index contributed by atoms with van der Waals surface area (Å²) in [6, 6.07) is 8.95. The van der Waals surface area contributed by atoms with E-state index in [4.69, 9.17) is 9.63 Å². The van der Waals surface area contributed by atoms with Gasteiger partial charge in [-0.1, -0.05) is 23.4 Å². The average Bonchev–Trinajstić information content (AvgIpc) is 2.94. The summed E-state index contributed by atoms with van der Waals surface area (Å²) in [6.45, 7) is 1.61. The number of amides is 2. The highest BCUT2D eigenvalue weighted by Gasteiger charge is 2.17. The van der Waals surface area contributed by atoms with E-state index < -0.39 is 12.0 Å². The molecule has 0 spiro atoms. The van der Waals surface area contributed by atoms with E-state index >= 15 is 0 Å². The van der Waals surface area contributed by atoms with Crippen molar-refractivity contribution in [2.45, 2.75) is 19.4 Å². The molecule has 2 amide bonds. The number of aliphatic hydroxyl groups is 1. The number of carbonyl (C=O) groups excluding carboxylic acids is 2. The van der Waals surface area contributed by atoms with Crippen LogP contribution in [0.3, 0.4) is 0 Å². The topological polar surface area (TPSA) is 117 Å². The maximum absolute atomic E-state index is 11.8. The minimum Gasteiger partial charge on any atom is -0.392 e. The van der Waals surface area contributed by atoms with Gasteiger partial charge in [0.25, 0.3) is 0 Å². The maximum Gasteiger partial charge on any atom is 0.315 e. The Balaban J connectivity index is 1.89. The molecule has 0 fully saturated rings. The zero-order chi connectivity index (χ0) is 15.9. The lowest BCUT2D eigenvalue weighted by Crippen LogP contribution is -2.30. The molecule has 1 heterocycles. The molecule has 2 rings (SSSR count). The molecule has 0 aliphatic heterocycles. The van der Waals surface area contributed by atoms with Gasteiger partial charge in [-0.25, -0.2) is 0 Å². The van der Waals surface area contributed by atoms with Crippen LogP contribution in [0.1, 0.15) is 23.4 Å². The smallest absolute Gasteiger partial charge is 0.315 e. The van der Waals surface area contributed by atoms with Crippen molar-refractivity contribution < 1.29 is 19.2 Å². The van der Waals surface area contributed by atoms with Crippen molar-refractivity contribution in [2.24, 2.45) is 0 Å². The molecule has 1 aromatic heterocycles. The summed E-state index contributed by atoms with van der Waals surface area (Å²) in [7, 11) is 0. The number of hydrogen-bond donors (Lipinski definition) is 3. The molecule has 1 aromatic carbocycles. The van der Waals surface area contributed by atoms with Gasteiger partial charge in [-0.3, -0.25) is 9.59 Å². The van der Waals surface area contributed by atoms with Crippen LogP contribution in [-0.2, 0) is 11.2 Å². The van der Waals surface area contributed by atoms with Gasteiger partial charge < -0.3 is 20.3 Å². The van der Waals surface area contributed by atoms with E-state index in [1.165, 1.54) is 6.92 Å². The summed E-state index contributed by atoms with van der Waals surface area (Å²) in [5.74, 6) is -1.05. The normalized spacial score (nSPS) is 11.7. The Morgan fingerprint density at radius 3 is 2.73 bits per heavy atom. The number of para-hydroxylation sites is 1. The minimum atomic E-state index is -0.678. The lowest BCUT2D eigenvalue weighted by Gasteiger charge is -2.03. The fraction of sp³-hybridized carbons (Fsp3) is 0.286. The van der Waals surface area contributed by atoms with Gasteiger partial charge in [0, 0.05) is 12.2 Å². The zero-order valence-corrected chi connectivity index (χ0v) is 11.9. The minimum absolute atomic E-state index is 0.0744. The largest absolute Gasteiger partial charge is 0.392 e. The molecule has 1 atom stereocenters. The Labute approximate surface area is 126 Å². The standard InChI is InChI=1S/C14H16N4O4/c1-9(19)8-15-13(21)14-17-11(18-22-14)7-12(20)16-10-5-3-2-4-6-10/h2-6,9,19H,7-8H2,1H3,(H,15,21)(H,16,20). The molecule has 0 bridgehead atoms. The molecule has 0 saturated carbocycles. The number of carbonyl (C=O) groups is 2. The van der Waals surface area contributed by atoms with Gasteiger partial charge in [0.15, 0.2) is 5.82 Å². The second-order valence-corrected chi connectivity index (χ2v) is 4.67. The third-order valence-corrected chi connectivity index (χ3v) is 2.60. The molecule has 3 N–H and O–H groups in total. The highest BCUT2D eigenvalue weighted by Crippen LogP contribution is 2.06. The summed E-state index contributed by atoms with van der Waals surface area (Å²) in [4.78, 5) is 27.3. The number of aromatic nitrogens is 2. The van der Waals surface area contributed by atoms with Crippen molar-refractivity contribution in [2.75, 3.05) is 11.9 Å². The van der Waals surface area contributed by atoms with Crippen molar-refractivity contribution in [3.05, 3.63) is 42.0 Å². The number of benzene rings is 1. The number of nitrogens with one attached hydrogen (secondary N) is 2. The zero-order valence-electron chi connectivity index (χ0n) is 11.9. The molecule has 2 aromatic rings. The highest BCUT2D eigenvalue weighted by molar-refractivity contribution is 5.92. The van der Waals surface area contributed by atoms with Crippen molar-refractivity contribution in [1.82, 2.24) is 15.5 Å². The quantitative estimate of drug-likeness (QED) is 0.709. The van der Waals surface area contributed by atoms with Gasteiger partial charge >= 0.3 is 11.8 Å². The van der Waals surface area contributed by atoms with Crippen LogP contribution in [0.15, 0.2) is 34.9 Å². The number of nitrogens with zero attached hydrogens (tertiary/aromatic N) is 2. The van der Waals surface area contributed by atoms with E-state index in [2.05, 4.69) is 20.8 Å². The van der Waals surface area contributed by atoms with Gasteiger partial charge in [0.2, 0.25) is 5.91 Å². The first-order valence-electron chi connectivity index (χ1n) is 6.68. The van der Waals surface area contributed by atoms with Crippen molar-refractivity contribution in [3.63, 3.8) is 0 Å². The van der Waals surface area contributed by atoms with Gasteiger partial charge in [0.1, 0.15) is 0 Å². The van der Waals surface area contributed by atoms with E-state index in [0.717, 1.165) is 0 Å². The van der Waals surface area contributed by atoms with Crippen LogP contribution in [0.25, 0.3) is 0 Å². The predicted octanol–water partition coefficient (Wildman–Crippen LogP) is 0.361. The summed E-state index contributed by atoms with van der Waals surface area (Å²) < 4.78 is 4.78. The molecule has 116 valence electrons. The van der Waals surface area contributed by atoms with Gasteiger partial charge in [0.05, 0.1) is 12.5 Å².